The van der Waals surface area contributed by atoms with Gasteiger partial charge < -0.3 is 4.74 Å². The Morgan fingerprint density at radius 2 is 1.50 bits per heavy atom. The minimum atomic E-state index is -5.88. The Morgan fingerprint density at radius 1 is 0.967 bits per heavy atom. The molecule has 0 bridgehead atoms. The molecular weight excluding hydrogens is 417 g/mol. The van der Waals surface area contributed by atoms with Crippen LogP contribution < -0.4 is 0 Å². The van der Waals surface area contributed by atoms with Crippen molar-refractivity contribution in [2.24, 2.45) is 5.92 Å². The summed E-state index contributed by atoms with van der Waals surface area (Å²) in [5.41, 5.74) is -3.74. The predicted molar refractivity (Wildman–Crippen MR) is 101 cm³/mol. The number of hydrogen-bond donors (Lipinski definition) is 0. The highest BCUT2D eigenvalue weighted by molar-refractivity contribution is 5.86. The van der Waals surface area contributed by atoms with E-state index in [-0.39, 0.29) is 31.4 Å². The van der Waals surface area contributed by atoms with Gasteiger partial charge in [-0.3, -0.25) is 0 Å². The zero-order valence-corrected chi connectivity index (χ0v) is 17.8. The summed E-state index contributed by atoms with van der Waals surface area (Å²) < 4.78 is 101. The molecule has 0 N–H and O–H groups in total. The van der Waals surface area contributed by atoms with E-state index in [2.05, 4.69) is 6.58 Å². The number of alkyl halides is 5. The molecule has 0 rings (SSSR count). The van der Waals surface area contributed by atoms with E-state index < -0.39 is 42.2 Å². The molecule has 2 unspecified atom stereocenters. The fourth-order valence-corrected chi connectivity index (χ4v) is 3.16. The molecule has 0 aliphatic carbocycles. The lowest BCUT2D eigenvalue weighted by Gasteiger charge is -2.41. The van der Waals surface area contributed by atoms with Gasteiger partial charge in [0, 0.05) is 5.57 Å². The van der Waals surface area contributed by atoms with E-state index in [1.807, 2.05) is 6.92 Å². The largest absolute Gasteiger partial charge is 0.462 e. The van der Waals surface area contributed by atoms with Gasteiger partial charge in [-0.25, -0.2) is 9.18 Å². The first kappa shape index (κ1) is 28.7. The third-order valence-corrected chi connectivity index (χ3v) is 5.19. The first-order valence-electron chi connectivity index (χ1n) is 10.2. The van der Waals surface area contributed by atoms with Gasteiger partial charge in [-0.1, -0.05) is 59.0 Å². The molecule has 0 spiro atoms. The molecule has 0 saturated heterocycles. The Morgan fingerprint density at radius 3 is 2.00 bits per heavy atom. The molecule has 0 aromatic heterocycles. The molecule has 1 radical (unpaired) electrons. The monoisotopic (exact) mass is 449 g/mol. The van der Waals surface area contributed by atoms with E-state index >= 15 is 4.39 Å². The van der Waals surface area contributed by atoms with Crippen molar-refractivity contribution in [1.82, 2.24) is 0 Å². The van der Waals surface area contributed by atoms with Crippen LogP contribution in [0.15, 0.2) is 12.2 Å². The Balaban J connectivity index is 5.26. The van der Waals surface area contributed by atoms with Gasteiger partial charge in [0.2, 0.25) is 0 Å². The van der Waals surface area contributed by atoms with Crippen molar-refractivity contribution in [2.45, 2.75) is 96.1 Å². The molecule has 2 nitrogen and oxygen atoms in total. The smallest absolute Gasteiger partial charge is 0.384 e. The van der Waals surface area contributed by atoms with E-state index in [4.69, 9.17) is 4.74 Å². The minimum absolute atomic E-state index is 0.0914. The highest BCUT2D eigenvalue weighted by Crippen LogP contribution is 2.55. The van der Waals surface area contributed by atoms with Gasteiger partial charge in [-0.2, -0.15) is 26.3 Å². The molecule has 9 heteroatoms. The Labute approximate surface area is 174 Å². The van der Waals surface area contributed by atoms with Gasteiger partial charge in [-0.15, -0.1) is 0 Å². The van der Waals surface area contributed by atoms with Crippen molar-refractivity contribution >= 4 is 5.97 Å². The summed E-state index contributed by atoms with van der Waals surface area (Å²) in [5.74, 6) is -13.9. The summed E-state index contributed by atoms with van der Waals surface area (Å²) in [6.45, 7) is 7.44. The van der Waals surface area contributed by atoms with Crippen LogP contribution in [0.5, 0.6) is 0 Å². The lowest BCUT2D eigenvalue weighted by molar-refractivity contribution is -0.296. The molecular formula is C21H32F7O2. The molecule has 0 aromatic carbocycles. The van der Waals surface area contributed by atoms with Crippen molar-refractivity contribution < 1.29 is 40.3 Å². The van der Waals surface area contributed by atoms with Crippen LogP contribution in [-0.2, 0) is 9.53 Å². The Kier molecular flexibility index (Phi) is 12.0. The second-order valence-corrected chi connectivity index (χ2v) is 7.75. The first-order chi connectivity index (χ1) is 13.8. The fourth-order valence-electron chi connectivity index (χ4n) is 3.16. The van der Waals surface area contributed by atoms with Gasteiger partial charge in [-0.05, 0) is 32.1 Å². The topological polar surface area (TPSA) is 26.3 Å². The third-order valence-electron chi connectivity index (χ3n) is 5.19. The average Bonchev–Trinajstić information content (AvgIpc) is 2.66. The second-order valence-electron chi connectivity index (χ2n) is 7.75. The Bertz CT molecular complexity index is 537. The van der Waals surface area contributed by atoms with Crippen molar-refractivity contribution in [3.63, 3.8) is 0 Å². The van der Waals surface area contributed by atoms with Crippen LogP contribution in [0.4, 0.5) is 30.7 Å². The van der Waals surface area contributed by atoms with E-state index in [1.54, 1.807) is 0 Å². The summed E-state index contributed by atoms with van der Waals surface area (Å²) in [4.78, 5) is 11.3. The summed E-state index contributed by atoms with van der Waals surface area (Å²) in [6, 6.07) is 0. The summed E-state index contributed by atoms with van der Waals surface area (Å²) >= 11 is 0. The molecule has 177 valence electrons. The molecule has 0 aromatic rings. The SMILES string of the molecule is C=C(C)C(=O)OCCCC(C)C(F)(CCCCCCCC)C(F)(F)C(F)(F)[C](F)F. The average molecular weight is 449 g/mol. The third kappa shape index (κ3) is 7.45. The molecule has 0 aliphatic heterocycles. The number of carbonyl (C=O) groups is 1. The number of carbonyl (C=O) groups excluding carboxylic acids is 1. The molecule has 0 aliphatic rings. The molecule has 0 heterocycles. The first-order valence-corrected chi connectivity index (χ1v) is 10.2. The summed E-state index contributed by atoms with van der Waals surface area (Å²) in [7, 11) is 0. The van der Waals surface area contributed by atoms with E-state index in [9.17, 15) is 31.1 Å². The highest BCUT2D eigenvalue weighted by atomic mass is 19.3. The van der Waals surface area contributed by atoms with Crippen LogP contribution >= 0.6 is 0 Å². The summed E-state index contributed by atoms with van der Waals surface area (Å²) in [6.07, 6.45) is -1.80. The maximum Gasteiger partial charge on any atom is 0.384 e. The molecule has 0 fully saturated rings. The fraction of sp³-hybridized carbons (Fsp3) is 0.810. The standard InChI is InChI=1S/C21H32F7O2/c1-5-6-7-8-9-10-13-19(24,21(27,28)20(25,26)18(22)23)16(4)12-11-14-30-17(29)15(2)3/h16H,2,5-14H2,1,3-4H3. The number of rotatable bonds is 16. The number of halogens is 7. The number of ether oxygens (including phenoxy) is 1. The van der Waals surface area contributed by atoms with Crippen LogP contribution in [-0.4, -0.2) is 30.1 Å². The number of unbranched alkanes of at least 4 members (excludes halogenated alkanes) is 5. The number of esters is 1. The number of hydrogen-bond acceptors (Lipinski definition) is 2. The maximum atomic E-state index is 15.4. The van der Waals surface area contributed by atoms with Crippen LogP contribution in [0.25, 0.3) is 0 Å². The van der Waals surface area contributed by atoms with Crippen LogP contribution in [0.3, 0.4) is 0 Å². The molecule has 0 amide bonds. The summed E-state index contributed by atoms with van der Waals surface area (Å²) in [5, 5.41) is 0. The molecule has 0 saturated carbocycles. The zero-order chi connectivity index (χ0) is 23.6. The van der Waals surface area contributed by atoms with Crippen LogP contribution in [0.1, 0.15) is 78.6 Å². The van der Waals surface area contributed by atoms with Gasteiger partial charge in [0.1, 0.15) is 0 Å². The normalized spacial score (nSPS) is 15.7. The van der Waals surface area contributed by atoms with E-state index in [1.165, 1.54) is 6.92 Å². The lowest BCUT2D eigenvalue weighted by Crippen LogP contribution is -2.60. The lowest BCUT2D eigenvalue weighted by atomic mass is 9.76. The van der Waals surface area contributed by atoms with Crippen LogP contribution in [0.2, 0.25) is 0 Å². The van der Waals surface area contributed by atoms with Gasteiger partial charge in [0.05, 0.1) is 6.61 Å². The molecule has 30 heavy (non-hydrogen) atoms. The van der Waals surface area contributed by atoms with Crippen LogP contribution in [0, 0.1) is 12.3 Å². The maximum absolute atomic E-state index is 15.4. The Hall–Kier alpha value is -1.28. The molecule has 2 atom stereocenters. The van der Waals surface area contributed by atoms with Crippen molar-refractivity contribution in [3.05, 3.63) is 18.6 Å². The van der Waals surface area contributed by atoms with Gasteiger partial charge in [0.15, 0.2) is 5.67 Å². The second kappa shape index (κ2) is 12.5. The van der Waals surface area contributed by atoms with Crippen molar-refractivity contribution in [1.29, 1.82) is 0 Å². The quantitative estimate of drug-likeness (QED) is 0.105. The van der Waals surface area contributed by atoms with Crippen molar-refractivity contribution in [3.8, 4) is 0 Å². The highest BCUT2D eigenvalue weighted by Gasteiger charge is 2.75. The minimum Gasteiger partial charge on any atom is -0.462 e. The van der Waals surface area contributed by atoms with E-state index in [0.717, 1.165) is 26.2 Å². The van der Waals surface area contributed by atoms with E-state index in [0.29, 0.717) is 12.8 Å². The van der Waals surface area contributed by atoms with Gasteiger partial charge in [0.25, 0.3) is 0 Å². The van der Waals surface area contributed by atoms with Crippen molar-refractivity contribution in [2.75, 3.05) is 6.61 Å². The van der Waals surface area contributed by atoms with Gasteiger partial charge >= 0.3 is 24.2 Å². The predicted octanol–water partition coefficient (Wildman–Crippen LogP) is 7.68. The zero-order valence-electron chi connectivity index (χ0n) is 17.8.